The minimum absolute atomic E-state index is 0.366. The molecule has 0 spiro atoms. The Morgan fingerprint density at radius 3 is 2.83 bits per heavy atom. The van der Waals surface area contributed by atoms with Gasteiger partial charge in [0.15, 0.2) is 0 Å². The predicted molar refractivity (Wildman–Crippen MR) is 79.5 cm³/mol. The molecule has 0 amide bonds. The molecule has 3 N–H and O–H groups in total. The monoisotopic (exact) mass is 266 g/mol. The van der Waals surface area contributed by atoms with Crippen LogP contribution in [0.2, 0.25) is 0 Å². The molecule has 2 rings (SSSR count). The van der Waals surface area contributed by atoms with Gasteiger partial charge in [0.2, 0.25) is 0 Å². The Hall–Kier alpha value is -0.380. The molecule has 1 saturated carbocycles. The Balaban J connectivity index is 2.21. The first-order valence-electron chi connectivity index (χ1n) is 7.34. The molecule has 3 unspecified atom stereocenters. The van der Waals surface area contributed by atoms with Crippen LogP contribution in [0.3, 0.4) is 0 Å². The highest BCUT2D eigenvalue weighted by Gasteiger charge is 2.32. The molecule has 0 aromatic carbocycles. The van der Waals surface area contributed by atoms with Gasteiger partial charge in [-0.15, -0.1) is 11.3 Å². The summed E-state index contributed by atoms with van der Waals surface area (Å²) >= 11 is 1.87. The lowest BCUT2D eigenvalue weighted by atomic mass is 9.73. The normalized spacial score (nSPS) is 26.2. The van der Waals surface area contributed by atoms with Gasteiger partial charge in [-0.2, -0.15) is 0 Å². The zero-order valence-corrected chi connectivity index (χ0v) is 12.4. The lowest BCUT2D eigenvalue weighted by Gasteiger charge is -2.36. The fraction of sp³-hybridized carbons (Fsp3) is 0.733. The fourth-order valence-corrected chi connectivity index (χ4v) is 4.62. The van der Waals surface area contributed by atoms with E-state index in [4.69, 9.17) is 5.84 Å². The Labute approximate surface area is 115 Å². The molecule has 1 aromatic rings. The second-order valence-electron chi connectivity index (χ2n) is 5.42. The molecule has 102 valence electrons. The third kappa shape index (κ3) is 2.79. The second kappa shape index (κ2) is 6.69. The van der Waals surface area contributed by atoms with Crippen molar-refractivity contribution < 1.29 is 0 Å². The summed E-state index contributed by atoms with van der Waals surface area (Å²) in [4.78, 5) is 1.48. The van der Waals surface area contributed by atoms with Crippen molar-refractivity contribution in [3.8, 4) is 0 Å². The van der Waals surface area contributed by atoms with Gasteiger partial charge >= 0.3 is 0 Å². The molecule has 1 aromatic heterocycles. The predicted octanol–water partition coefficient (Wildman–Crippen LogP) is 4.03. The molecule has 1 fully saturated rings. The number of aryl methyl sites for hydroxylation is 1. The minimum atomic E-state index is 0.366. The van der Waals surface area contributed by atoms with Crippen molar-refractivity contribution in [1.82, 2.24) is 5.43 Å². The van der Waals surface area contributed by atoms with E-state index in [1.165, 1.54) is 42.5 Å². The summed E-state index contributed by atoms with van der Waals surface area (Å²) in [6.45, 7) is 4.56. The molecule has 1 heterocycles. The molecule has 3 heteroatoms. The van der Waals surface area contributed by atoms with Gasteiger partial charge in [-0.3, -0.25) is 11.3 Å². The average Bonchev–Trinajstić information content (AvgIpc) is 2.88. The van der Waals surface area contributed by atoms with Crippen LogP contribution < -0.4 is 11.3 Å². The van der Waals surface area contributed by atoms with Gasteiger partial charge in [-0.25, -0.2) is 0 Å². The number of hydrazine groups is 1. The number of nitrogens with two attached hydrogens (primary N) is 1. The molecule has 0 bridgehead atoms. The van der Waals surface area contributed by atoms with E-state index in [1.54, 1.807) is 0 Å². The largest absolute Gasteiger partial charge is 0.271 e. The summed E-state index contributed by atoms with van der Waals surface area (Å²) in [7, 11) is 0. The van der Waals surface area contributed by atoms with E-state index in [1.807, 2.05) is 11.3 Å². The third-order valence-corrected chi connectivity index (χ3v) is 5.59. The van der Waals surface area contributed by atoms with E-state index in [9.17, 15) is 0 Å². The second-order valence-corrected chi connectivity index (χ2v) is 6.37. The smallest absolute Gasteiger partial charge is 0.0586 e. The van der Waals surface area contributed by atoms with Crippen molar-refractivity contribution in [2.75, 3.05) is 0 Å². The van der Waals surface area contributed by atoms with Crippen molar-refractivity contribution in [2.45, 2.75) is 58.4 Å². The quantitative estimate of drug-likeness (QED) is 0.624. The standard InChI is InChI=1S/C15H26N2S/c1-3-11-7-5-6-8-13(11)14(17-16)15-12(4-2)9-10-18-15/h9-11,13-14,17H,3-8,16H2,1-2H3. The number of hydrogen-bond donors (Lipinski definition) is 2. The minimum Gasteiger partial charge on any atom is -0.271 e. The maximum Gasteiger partial charge on any atom is 0.0586 e. The van der Waals surface area contributed by atoms with E-state index < -0.39 is 0 Å². The van der Waals surface area contributed by atoms with Gasteiger partial charge in [0, 0.05) is 4.88 Å². The molecule has 1 aliphatic carbocycles. The maximum atomic E-state index is 5.89. The molecule has 2 nitrogen and oxygen atoms in total. The van der Waals surface area contributed by atoms with E-state index in [2.05, 4.69) is 30.7 Å². The summed E-state index contributed by atoms with van der Waals surface area (Å²) in [5.74, 6) is 7.45. The highest BCUT2D eigenvalue weighted by Crippen LogP contribution is 2.42. The summed E-state index contributed by atoms with van der Waals surface area (Å²) < 4.78 is 0. The van der Waals surface area contributed by atoms with Gasteiger partial charge < -0.3 is 0 Å². The summed E-state index contributed by atoms with van der Waals surface area (Å²) in [6, 6.07) is 2.62. The molecule has 1 aliphatic rings. The first-order chi connectivity index (χ1) is 8.81. The van der Waals surface area contributed by atoms with Crippen molar-refractivity contribution >= 4 is 11.3 Å². The fourth-order valence-electron chi connectivity index (χ4n) is 3.49. The highest BCUT2D eigenvalue weighted by molar-refractivity contribution is 7.10. The van der Waals surface area contributed by atoms with Gasteiger partial charge in [0.25, 0.3) is 0 Å². The number of hydrogen-bond acceptors (Lipinski definition) is 3. The van der Waals surface area contributed by atoms with Crippen molar-refractivity contribution in [3.05, 3.63) is 21.9 Å². The summed E-state index contributed by atoms with van der Waals surface area (Å²) in [5, 5.41) is 2.21. The molecule has 3 atom stereocenters. The Kier molecular flexibility index (Phi) is 5.22. The van der Waals surface area contributed by atoms with Crippen LogP contribution in [0.5, 0.6) is 0 Å². The molecular weight excluding hydrogens is 240 g/mol. The summed E-state index contributed by atoms with van der Waals surface area (Å²) in [6.07, 6.45) is 7.88. The zero-order chi connectivity index (χ0) is 13.0. The average molecular weight is 266 g/mol. The molecular formula is C15H26N2S. The third-order valence-electron chi connectivity index (χ3n) is 4.54. The zero-order valence-electron chi connectivity index (χ0n) is 11.6. The molecule has 18 heavy (non-hydrogen) atoms. The first-order valence-corrected chi connectivity index (χ1v) is 8.22. The van der Waals surface area contributed by atoms with Gasteiger partial charge in [0.05, 0.1) is 6.04 Å². The lowest BCUT2D eigenvalue weighted by molar-refractivity contribution is 0.177. The Bertz CT molecular complexity index is 361. The van der Waals surface area contributed by atoms with Crippen LogP contribution in [-0.2, 0) is 6.42 Å². The molecule has 0 aliphatic heterocycles. The SMILES string of the molecule is CCc1ccsc1C(NN)C1CCCCC1CC. The van der Waals surface area contributed by atoms with E-state index in [0.29, 0.717) is 6.04 Å². The topological polar surface area (TPSA) is 38.0 Å². The van der Waals surface area contributed by atoms with Crippen LogP contribution in [0.1, 0.15) is 62.4 Å². The van der Waals surface area contributed by atoms with Crippen LogP contribution >= 0.6 is 11.3 Å². The Morgan fingerprint density at radius 1 is 1.39 bits per heavy atom. The molecule has 0 saturated heterocycles. The number of nitrogens with one attached hydrogen (secondary N) is 1. The highest BCUT2D eigenvalue weighted by atomic mass is 32.1. The summed E-state index contributed by atoms with van der Waals surface area (Å²) in [5.41, 5.74) is 4.60. The van der Waals surface area contributed by atoms with Crippen LogP contribution in [0, 0.1) is 11.8 Å². The van der Waals surface area contributed by atoms with E-state index in [-0.39, 0.29) is 0 Å². The van der Waals surface area contributed by atoms with Gasteiger partial charge in [0.1, 0.15) is 0 Å². The molecule has 0 radical (unpaired) electrons. The van der Waals surface area contributed by atoms with Crippen LogP contribution in [0.4, 0.5) is 0 Å². The van der Waals surface area contributed by atoms with Crippen molar-refractivity contribution in [1.29, 1.82) is 0 Å². The van der Waals surface area contributed by atoms with Crippen LogP contribution in [0.25, 0.3) is 0 Å². The number of thiophene rings is 1. The van der Waals surface area contributed by atoms with Gasteiger partial charge in [-0.05, 0) is 41.7 Å². The maximum absolute atomic E-state index is 5.89. The van der Waals surface area contributed by atoms with Gasteiger partial charge in [-0.1, -0.05) is 39.5 Å². The lowest BCUT2D eigenvalue weighted by Crippen LogP contribution is -2.38. The van der Waals surface area contributed by atoms with E-state index in [0.717, 1.165) is 18.3 Å². The van der Waals surface area contributed by atoms with E-state index >= 15 is 0 Å². The Morgan fingerprint density at radius 2 is 2.17 bits per heavy atom. The number of rotatable bonds is 5. The van der Waals surface area contributed by atoms with Crippen LogP contribution in [-0.4, -0.2) is 0 Å². The first kappa shape index (κ1) is 14.0. The van der Waals surface area contributed by atoms with Crippen LogP contribution in [0.15, 0.2) is 11.4 Å². The van der Waals surface area contributed by atoms with Crippen molar-refractivity contribution in [2.24, 2.45) is 17.7 Å². The van der Waals surface area contributed by atoms with Crippen molar-refractivity contribution in [3.63, 3.8) is 0 Å².